The first-order valence-electron chi connectivity index (χ1n) is 10.1. The van der Waals surface area contributed by atoms with Crippen LogP contribution in [0.15, 0.2) is 73.3 Å². The van der Waals surface area contributed by atoms with Gasteiger partial charge in [-0.25, -0.2) is 9.97 Å². The molecule has 0 saturated heterocycles. The maximum absolute atomic E-state index is 12.3. The second kappa shape index (κ2) is 9.01. The largest absolute Gasteiger partial charge is 0.456 e. The van der Waals surface area contributed by atoms with Crippen LogP contribution < -0.4 is 10.1 Å². The molecule has 164 valence electrons. The second-order valence-corrected chi connectivity index (χ2v) is 8.82. The normalized spacial score (nSPS) is 11.0. The molecule has 1 aromatic carbocycles. The predicted molar refractivity (Wildman–Crippen MR) is 130 cm³/mol. The number of carbonyl (C=O) groups is 1. The fraction of sp³-hybridized carbons (Fsp3) is 0.0833. The molecule has 0 radical (unpaired) electrons. The van der Waals surface area contributed by atoms with E-state index in [1.165, 1.54) is 6.20 Å². The summed E-state index contributed by atoms with van der Waals surface area (Å²) < 4.78 is 9.07. The van der Waals surface area contributed by atoms with Gasteiger partial charge in [0.05, 0.1) is 26.5 Å². The molecule has 4 aromatic heterocycles. The first kappa shape index (κ1) is 21.1. The van der Waals surface area contributed by atoms with Gasteiger partial charge in [0.2, 0.25) is 5.91 Å². The second-order valence-electron chi connectivity index (χ2n) is 7.33. The van der Waals surface area contributed by atoms with E-state index in [2.05, 4.69) is 20.3 Å². The van der Waals surface area contributed by atoms with Gasteiger partial charge < -0.3 is 14.6 Å². The van der Waals surface area contributed by atoms with E-state index in [0.29, 0.717) is 16.6 Å². The monoisotopic (exact) mass is 475 g/mol. The lowest BCUT2D eigenvalue weighted by Crippen LogP contribution is -2.15. The highest BCUT2D eigenvalue weighted by Gasteiger charge is 2.13. The number of nitrogens with one attached hydrogen (secondary N) is 1. The summed E-state index contributed by atoms with van der Waals surface area (Å²) in [6.07, 6.45) is 7.14. The number of pyridine rings is 2. The molecule has 0 spiro atoms. The Labute approximate surface area is 198 Å². The van der Waals surface area contributed by atoms with Crippen LogP contribution >= 0.6 is 22.9 Å². The molecule has 5 rings (SSSR count). The number of hydrogen-bond acceptors (Lipinski definition) is 6. The third-order valence-corrected chi connectivity index (χ3v) is 6.29. The summed E-state index contributed by atoms with van der Waals surface area (Å²) in [5, 5.41) is 3.28. The van der Waals surface area contributed by atoms with Gasteiger partial charge >= 0.3 is 0 Å². The quantitative estimate of drug-likeness (QED) is 0.339. The van der Waals surface area contributed by atoms with Crippen LogP contribution in [-0.2, 0) is 18.3 Å². The molecule has 0 saturated carbocycles. The highest BCUT2D eigenvalue weighted by Crippen LogP contribution is 2.38. The molecule has 9 heteroatoms. The lowest BCUT2D eigenvalue weighted by molar-refractivity contribution is -0.115. The van der Waals surface area contributed by atoms with Crippen molar-refractivity contribution in [3.05, 3.63) is 83.9 Å². The van der Waals surface area contributed by atoms with Gasteiger partial charge in [-0.3, -0.25) is 9.78 Å². The number of aryl methyl sites for hydroxylation is 1. The number of amides is 1. The number of aromatic nitrogens is 4. The molecule has 1 amide bonds. The molecular formula is C24H18ClN5O2S. The molecule has 7 nitrogen and oxygen atoms in total. The van der Waals surface area contributed by atoms with Gasteiger partial charge in [0, 0.05) is 37.9 Å². The summed E-state index contributed by atoms with van der Waals surface area (Å²) in [5.41, 5.74) is 1.72. The summed E-state index contributed by atoms with van der Waals surface area (Å²) in [4.78, 5) is 26.3. The molecule has 1 N–H and O–H groups in total. The van der Waals surface area contributed by atoms with Crippen molar-refractivity contribution in [2.75, 3.05) is 5.32 Å². The van der Waals surface area contributed by atoms with E-state index >= 15 is 0 Å². The Morgan fingerprint density at radius 2 is 1.94 bits per heavy atom. The van der Waals surface area contributed by atoms with Gasteiger partial charge in [-0.05, 0) is 35.9 Å². The topological polar surface area (TPSA) is 81.9 Å². The molecule has 0 aliphatic carbocycles. The number of rotatable bonds is 6. The molecule has 0 bridgehead atoms. The SMILES string of the molecule is Cn1ccnc1-c1cc2nccc(Oc3ccc(CC(=O)Nc4ccc(Cl)cn4)cc3)c2s1. The van der Waals surface area contributed by atoms with E-state index in [9.17, 15) is 4.79 Å². The Morgan fingerprint density at radius 1 is 1.09 bits per heavy atom. The van der Waals surface area contributed by atoms with Crippen molar-refractivity contribution in [1.82, 2.24) is 19.5 Å². The maximum Gasteiger partial charge on any atom is 0.229 e. The predicted octanol–water partition coefficient (Wildman–Crippen LogP) is 5.72. The van der Waals surface area contributed by atoms with Crippen molar-refractivity contribution in [3.8, 4) is 22.2 Å². The van der Waals surface area contributed by atoms with Crippen molar-refractivity contribution in [2.45, 2.75) is 6.42 Å². The minimum atomic E-state index is -0.158. The fourth-order valence-electron chi connectivity index (χ4n) is 3.33. The van der Waals surface area contributed by atoms with Crippen molar-refractivity contribution >= 4 is 44.9 Å². The van der Waals surface area contributed by atoms with Crippen LogP contribution in [0.3, 0.4) is 0 Å². The number of hydrogen-bond donors (Lipinski definition) is 1. The number of carbonyl (C=O) groups excluding carboxylic acids is 1. The van der Waals surface area contributed by atoms with Crippen LogP contribution in [-0.4, -0.2) is 25.4 Å². The standard InChI is InChI=1S/C24H18ClN5O2S/c1-30-11-10-27-24(30)20-13-18-23(33-20)19(8-9-26-18)32-17-5-2-15(3-6-17)12-22(31)29-21-7-4-16(25)14-28-21/h2-11,13-14H,12H2,1H3,(H,28,29,31). The molecule has 0 unspecified atom stereocenters. The highest BCUT2D eigenvalue weighted by molar-refractivity contribution is 7.22. The molecule has 0 aliphatic rings. The van der Waals surface area contributed by atoms with Gasteiger partial charge in [-0.2, -0.15) is 0 Å². The number of thiophene rings is 1. The number of imidazole rings is 1. The Morgan fingerprint density at radius 3 is 2.67 bits per heavy atom. The maximum atomic E-state index is 12.3. The van der Waals surface area contributed by atoms with Crippen LogP contribution in [0.2, 0.25) is 5.02 Å². The first-order chi connectivity index (χ1) is 16.0. The van der Waals surface area contributed by atoms with Gasteiger partial charge in [-0.1, -0.05) is 23.7 Å². The van der Waals surface area contributed by atoms with Crippen LogP contribution in [0, 0.1) is 0 Å². The van der Waals surface area contributed by atoms with E-state index in [0.717, 1.165) is 32.2 Å². The lowest BCUT2D eigenvalue weighted by atomic mass is 10.1. The zero-order chi connectivity index (χ0) is 22.8. The van der Waals surface area contributed by atoms with E-state index in [-0.39, 0.29) is 12.3 Å². The molecule has 4 heterocycles. The number of fused-ring (bicyclic) bond motifs is 1. The lowest BCUT2D eigenvalue weighted by Gasteiger charge is -2.08. The van der Waals surface area contributed by atoms with Crippen LogP contribution in [0.1, 0.15) is 5.56 Å². The fourth-order valence-corrected chi connectivity index (χ4v) is 4.55. The summed E-state index contributed by atoms with van der Waals surface area (Å²) >= 11 is 7.41. The van der Waals surface area contributed by atoms with Crippen LogP contribution in [0.25, 0.3) is 20.9 Å². The Kier molecular flexibility index (Phi) is 5.77. The van der Waals surface area contributed by atoms with Crippen LogP contribution in [0.4, 0.5) is 5.82 Å². The number of anilines is 1. The van der Waals surface area contributed by atoms with Crippen molar-refractivity contribution in [3.63, 3.8) is 0 Å². The summed E-state index contributed by atoms with van der Waals surface area (Å²) in [6.45, 7) is 0. The summed E-state index contributed by atoms with van der Waals surface area (Å²) in [6, 6.07) is 14.7. The van der Waals surface area contributed by atoms with Gasteiger partial charge in [0.1, 0.15) is 23.1 Å². The zero-order valence-electron chi connectivity index (χ0n) is 17.5. The minimum Gasteiger partial charge on any atom is -0.456 e. The molecule has 0 atom stereocenters. The molecule has 33 heavy (non-hydrogen) atoms. The summed E-state index contributed by atoms with van der Waals surface area (Å²) in [7, 11) is 1.96. The average molecular weight is 476 g/mol. The van der Waals surface area contributed by atoms with Crippen LogP contribution in [0.5, 0.6) is 11.5 Å². The van der Waals surface area contributed by atoms with Crippen molar-refractivity contribution < 1.29 is 9.53 Å². The number of ether oxygens (including phenoxy) is 1. The van der Waals surface area contributed by atoms with E-state index in [4.69, 9.17) is 16.3 Å². The minimum absolute atomic E-state index is 0.158. The van der Waals surface area contributed by atoms with Crippen molar-refractivity contribution in [2.24, 2.45) is 7.05 Å². The van der Waals surface area contributed by atoms with Gasteiger partial charge in [0.25, 0.3) is 0 Å². The van der Waals surface area contributed by atoms with E-state index < -0.39 is 0 Å². The third kappa shape index (κ3) is 4.72. The molecule has 0 fully saturated rings. The smallest absolute Gasteiger partial charge is 0.229 e. The number of benzene rings is 1. The van der Waals surface area contributed by atoms with Gasteiger partial charge in [0.15, 0.2) is 0 Å². The summed E-state index contributed by atoms with van der Waals surface area (Å²) in [5.74, 6) is 2.60. The Bertz CT molecular complexity index is 1430. The number of nitrogens with zero attached hydrogens (tertiary/aromatic N) is 4. The van der Waals surface area contributed by atoms with E-state index in [1.54, 1.807) is 35.9 Å². The molecular weight excluding hydrogens is 458 g/mol. The molecule has 5 aromatic rings. The molecule has 0 aliphatic heterocycles. The third-order valence-electron chi connectivity index (χ3n) is 4.93. The Balaban J connectivity index is 1.29. The van der Waals surface area contributed by atoms with E-state index in [1.807, 2.05) is 54.2 Å². The Hall–Kier alpha value is -3.75. The average Bonchev–Trinajstić information content (AvgIpc) is 3.43. The zero-order valence-corrected chi connectivity index (χ0v) is 19.1. The van der Waals surface area contributed by atoms with Gasteiger partial charge in [-0.15, -0.1) is 11.3 Å². The highest BCUT2D eigenvalue weighted by atomic mass is 35.5. The number of halogens is 1. The van der Waals surface area contributed by atoms with Crippen molar-refractivity contribution in [1.29, 1.82) is 0 Å². The first-order valence-corrected chi connectivity index (χ1v) is 11.3.